The van der Waals surface area contributed by atoms with Crippen LogP contribution in [0.3, 0.4) is 0 Å². The van der Waals surface area contributed by atoms with E-state index in [9.17, 15) is 14.9 Å². The number of hydrogen-bond donors (Lipinski definition) is 1. The molecule has 6 nitrogen and oxygen atoms in total. The fraction of sp³-hybridized carbons (Fsp3) is 0.0952. The normalized spacial score (nSPS) is 10.1. The number of nitrogens with zero attached hydrogens (tertiary/aromatic N) is 3. The lowest BCUT2D eigenvalue weighted by Gasteiger charge is -2.08. The molecule has 1 amide bonds. The molecule has 28 heavy (non-hydrogen) atoms. The summed E-state index contributed by atoms with van der Waals surface area (Å²) in [5, 5.41) is 12.6. The second kappa shape index (κ2) is 8.93. The summed E-state index contributed by atoms with van der Waals surface area (Å²) >= 11 is 1.19. The number of nitriles is 1. The van der Waals surface area contributed by atoms with E-state index in [2.05, 4.69) is 21.4 Å². The third kappa shape index (κ3) is 4.81. The van der Waals surface area contributed by atoms with Crippen molar-refractivity contribution in [1.82, 2.24) is 9.97 Å². The summed E-state index contributed by atoms with van der Waals surface area (Å²) in [7, 11) is 0. The number of rotatable bonds is 6. The summed E-state index contributed by atoms with van der Waals surface area (Å²) in [6.07, 6.45) is 1.67. The highest BCUT2D eigenvalue weighted by Crippen LogP contribution is 2.24. The quantitative estimate of drug-likeness (QED) is 0.507. The molecule has 0 fully saturated rings. The van der Waals surface area contributed by atoms with E-state index in [-0.39, 0.29) is 17.4 Å². The third-order valence-corrected chi connectivity index (χ3v) is 4.81. The van der Waals surface area contributed by atoms with Crippen molar-refractivity contribution in [3.8, 4) is 17.5 Å². The van der Waals surface area contributed by atoms with Crippen LogP contribution in [0.4, 0.5) is 5.69 Å². The van der Waals surface area contributed by atoms with Gasteiger partial charge in [0.05, 0.1) is 22.7 Å². The number of aromatic nitrogens is 2. The van der Waals surface area contributed by atoms with Gasteiger partial charge in [-0.25, -0.2) is 4.98 Å². The minimum Gasteiger partial charge on any atom is -0.325 e. The molecule has 0 unspecified atom stereocenters. The average Bonchev–Trinajstić information content (AvgIpc) is 2.73. The number of ketones is 1. The maximum absolute atomic E-state index is 12.2. The molecule has 138 valence electrons. The average molecular weight is 388 g/mol. The first-order valence-corrected chi connectivity index (χ1v) is 9.41. The molecular formula is C21H16N4O2S. The summed E-state index contributed by atoms with van der Waals surface area (Å²) in [6.45, 7) is 1.49. The molecule has 0 bridgehead atoms. The lowest BCUT2D eigenvalue weighted by Crippen LogP contribution is -2.14. The van der Waals surface area contributed by atoms with Crippen LogP contribution in [0, 0.1) is 11.3 Å². The van der Waals surface area contributed by atoms with E-state index in [1.54, 1.807) is 42.6 Å². The smallest absolute Gasteiger partial charge is 0.234 e. The maximum Gasteiger partial charge on any atom is 0.234 e. The van der Waals surface area contributed by atoms with Crippen molar-refractivity contribution in [2.75, 3.05) is 11.1 Å². The van der Waals surface area contributed by atoms with E-state index in [1.165, 1.54) is 18.7 Å². The number of Topliss-reactive ketones (excluding diaryl/α,β-unsaturated/α-hetero) is 1. The molecule has 1 N–H and O–H groups in total. The van der Waals surface area contributed by atoms with E-state index in [1.807, 2.05) is 18.2 Å². The van der Waals surface area contributed by atoms with Gasteiger partial charge in [0.1, 0.15) is 11.1 Å². The molecule has 0 saturated carbocycles. The first-order chi connectivity index (χ1) is 13.6. The van der Waals surface area contributed by atoms with Gasteiger partial charge < -0.3 is 5.32 Å². The van der Waals surface area contributed by atoms with Crippen molar-refractivity contribution in [3.05, 3.63) is 71.9 Å². The molecule has 1 aromatic carbocycles. The molecule has 0 spiro atoms. The second-order valence-electron chi connectivity index (χ2n) is 5.85. The molecule has 0 aliphatic rings. The number of amides is 1. The van der Waals surface area contributed by atoms with Gasteiger partial charge in [0.2, 0.25) is 5.91 Å². The van der Waals surface area contributed by atoms with E-state index >= 15 is 0 Å². The Labute approximate surface area is 166 Å². The zero-order valence-corrected chi connectivity index (χ0v) is 15.9. The Morgan fingerprint density at radius 3 is 2.50 bits per heavy atom. The molecule has 0 radical (unpaired) electrons. The third-order valence-electron chi connectivity index (χ3n) is 3.82. The van der Waals surface area contributed by atoms with Crippen molar-refractivity contribution in [3.63, 3.8) is 0 Å². The number of pyridine rings is 2. The Kier molecular flexibility index (Phi) is 6.14. The number of nitrogens with one attached hydrogen (secondary N) is 1. The molecular weight excluding hydrogens is 372 g/mol. The summed E-state index contributed by atoms with van der Waals surface area (Å²) in [4.78, 5) is 32.3. The minimum absolute atomic E-state index is 0.0312. The predicted molar refractivity (Wildman–Crippen MR) is 108 cm³/mol. The summed E-state index contributed by atoms with van der Waals surface area (Å²) < 4.78 is 0. The standard InChI is InChI=1S/C21H16N4O2S/c1-14(26)15-5-8-17(9-6-15)24-20(27)13-28-21-16(12-22)7-10-19(25-21)18-4-2-3-11-23-18/h2-11H,13H2,1H3,(H,24,27). The Hall–Kier alpha value is -3.50. The van der Waals surface area contributed by atoms with Crippen LogP contribution in [0.2, 0.25) is 0 Å². The Morgan fingerprint density at radius 1 is 1.07 bits per heavy atom. The number of anilines is 1. The van der Waals surface area contributed by atoms with Crippen LogP contribution in [0.15, 0.2) is 65.8 Å². The Bertz CT molecular complexity index is 1040. The van der Waals surface area contributed by atoms with Gasteiger partial charge in [-0.05, 0) is 55.5 Å². The Morgan fingerprint density at radius 2 is 1.86 bits per heavy atom. The van der Waals surface area contributed by atoms with Gasteiger partial charge in [0.15, 0.2) is 5.78 Å². The predicted octanol–water partition coefficient (Wildman–Crippen LogP) is 3.95. The Balaban J connectivity index is 1.68. The van der Waals surface area contributed by atoms with Crippen molar-refractivity contribution in [2.24, 2.45) is 0 Å². The van der Waals surface area contributed by atoms with Crippen LogP contribution in [0.25, 0.3) is 11.4 Å². The number of carbonyl (C=O) groups is 2. The zero-order valence-electron chi connectivity index (χ0n) is 15.0. The van der Waals surface area contributed by atoms with Gasteiger partial charge in [0.25, 0.3) is 0 Å². The minimum atomic E-state index is -0.227. The van der Waals surface area contributed by atoms with Crippen LogP contribution in [-0.2, 0) is 4.79 Å². The molecule has 0 saturated heterocycles. The number of benzene rings is 1. The van der Waals surface area contributed by atoms with Gasteiger partial charge in [-0.3, -0.25) is 14.6 Å². The zero-order chi connectivity index (χ0) is 19.9. The molecule has 3 aromatic rings. The fourth-order valence-electron chi connectivity index (χ4n) is 2.41. The number of carbonyl (C=O) groups excluding carboxylic acids is 2. The summed E-state index contributed by atoms with van der Waals surface area (Å²) in [6, 6.07) is 17.7. The highest BCUT2D eigenvalue weighted by molar-refractivity contribution is 8.00. The molecule has 2 heterocycles. The lowest BCUT2D eigenvalue weighted by atomic mass is 10.1. The molecule has 0 aliphatic heterocycles. The van der Waals surface area contributed by atoms with Gasteiger partial charge in [-0.15, -0.1) is 0 Å². The van der Waals surface area contributed by atoms with Crippen molar-refractivity contribution >= 4 is 29.1 Å². The van der Waals surface area contributed by atoms with E-state index < -0.39 is 0 Å². The largest absolute Gasteiger partial charge is 0.325 e. The SMILES string of the molecule is CC(=O)c1ccc(NC(=O)CSc2nc(-c3ccccn3)ccc2C#N)cc1. The van der Waals surface area contributed by atoms with Crippen LogP contribution in [0.1, 0.15) is 22.8 Å². The molecule has 7 heteroatoms. The fourth-order valence-corrected chi connectivity index (χ4v) is 3.18. The van der Waals surface area contributed by atoms with Crippen LogP contribution in [0.5, 0.6) is 0 Å². The van der Waals surface area contributed by atoms with Crippen molar-refractivity contribution < 1.29 is 9.59 Å². The first kappa shape index (κ1) is 19.3. The number of hydrogen-bond acceptors (Lipinski definition) is 6. The molecule has 0 atom stereocenters. The maximum atomic E-state index is 12.2. The topological polar surface area (TPSA) is 95.7 Å². The van der Waals surface area contributed by atoms with Crippen molar-refractivity contribution in [1.29, 1.82) is 5.26 Å². The van der Waals surface area contributed by atoms with Crippen LogP contribution in [-0.4, -0.2) is 27.4 Å². The molecule has 0 aliphatic carbocycles. The first-order valence-electron chi connectivity index (χ1n) is 8.43. The van der Waals surface area contributed by atoms with Gasteiger partial charge >= 0.3 is 0 Å². The van der Waals surface area contributed by atoms with E-state index in [0.717, 1.165) is 0 Å². The molecule has 3 rings (SSSR count). The summed E-state index contributed by atoms with van der Waals surface area (Å²) in [5.41, 5.74) is 2.93. The van der Waals surface area contributed by atoms with Gasteiger partial charge in [0, 0.05) is 17.4 Å². The van der Waals surface area contributed by atoms with Gasteiger partial charge in [-0.1, -0.05) is 17.8 Å². The highest BCUT2D eigenvalue weighted by Gasteiger charge is 2.11. The monoisotopic (exact) mass is 388 g/mol. The van der Waals surface area contributed by atoms with Gasteiger partial charge in [-0.2, -0.15) is 5.26 Å². The van der Waals surface area contributed by atoms with Crippen LogP contribution >= 0.6 is 11.8 Å². The number of thioether (sulfide) groups is 1. The lowest BCUT2D eigenvalue weighted by molar-refractivity contribution is -0.113. The van der Waals surface area contributed by atoms with Crippen LogP contribution < -0.4 is 5.32 Å². The molecule has 2 aromatic heterocycles. The van der Waals surface area contributed by atoms with E-state index in [0.29, 0.717) is 33.2 Å². The van der Waals surface area contributed by atoms with E-state index in [4.69, 9.17) is 0 Å². The summed E-state index contributed by atoms with van der Waals surface area (Å²) in [5.74, 6) is -0.159. The second-order valence-corrected chi connectivity index (χ2v) is 6.81. The highest BCUT2D eigenvalue weighted by atomic mass is 32.2. The van der Waals surface area contributed by atoms with Crippen molar-refractivity contribution in [2.45, 2.75) is 11.9 Å².